The summed E-state index contributed by atoms with van der Waals surface area (Å²) >= 11 is 0. The summed E-state index contributed by atoms with van der Waals surface area (Å²) < 4.78 is 154. The van der Waals surface area contributed by atoms with E-state index in [1.54, 1.807) is 78.9 Å². The molecule has 786 valence electrons. The van der Waals surface area contributed by atoms with Crippen molar-refractivity contribution >= 4 is 123 Å². The van der Waals surface area contributed by atoms with E-state index in [0.717, 1.165) is 199 Å². The number of amides is 5. The van der Waals surface area contributed by atoms with Crippen LogP contribution in [0.3, 0.4) is 0 Å². The van der Waals surface area contributed by atoms with E-state index in [4.69, 9.17) is 9.97 Å². The maximum absolute atomic E-state index is 13.4. The number of likely N-dealkylation sites (tertiary alicyclic amines) is 2. The van der Waals surface area contributed by atoms with Crippen molar-refractivity contribution in [3.05, 3.63) is 256 Å². The minimum Gasteiger partial charge on any atom is -0.396 e. The predicted octanol–water partition coefficient (Wildman–Crippen LogP) is 20.3. The molecule has 148 heavy (non-hydrogen) atoms. The minimum absolute atomic E-state index is 0.00792. The van der Waals surface area contributed by atoms with Crippen molar-refractivity contribution in [1.82, 2.24) is 57.4 Å². The van der Waals surface area contributed by atoms with Gasteiger partial charge in [0.25, 0.3) is 29.5 Å². The van der Waals surface area contributed by atoms with Crippen LogP contribution < -0.4 is 36.0 Å². The number of aliphatic hydroxyl groups excluding tert-OH is 4. The average molecular weight is 2080 g/mol. The zero-order valence-corrected chi connectivity index (χ0v) is 84.1. The topological polar surface area (TPSA) is 397 Å². The number of anilines is 5. The van der Waals surface area contributed by atoms with Crippen LogP contribution in [0.1, 0.15) is 265 Å². The van der Waals surface area contributed by atoms with Crippen LogP contribution in [-0.4, -0.2) is 180 Å². The number of nitrogens with one attached hydrogen (secondary N) is 7. The number of hydrogen-bond donors (Lipinski definition) is 11. The Balaban J connectivity index is 0.000000141. The van der Waals surface area contributed by atoms with E-state index in [1.807, 2.05) is 15.2 Å². The summed E-state index contributed by atoms with van der Waals surface area (Å²) in [4.78, 5) is 88.9. The summed E-state index contributed by atoms with van der Waals surface area (Å²) in [6.07, 6.45) is 15.0. The van der Waals surface area contributed by atoms with Crippen molar-refractivity contribution in [3.8, 4) is 0 Å². The first-order valence-corrected chi connectivity index (χ1v) is 54.0. The number of fused-ring (bicyclic) bond motifs is 4. The van der Waals surface area contributed by atoms with Gasteiger partial charge in [-0.25, -0.2) is 50.6 Å². The van der Waals surface area contributed by atoms with Gasteiger partial charge in [-0.3, -0.25) is 55.0 Å². The van der Waals surface area contributed by atoms with Crippen LogP contribution in [0.2, 0.25) is 0 Å². The SMILES string of the molecule is CC(O)CNS(=O)(=O)c1cccc(C(=O)Nc2nc3cc(CN4CCCCC4)ccc3n2C2CCCCC2)c1.O=C(Nc1ccc2c(c1)nc(NC(=O)c1cccc(C(F)(F)F)c1)n2C1CCC(CO)CC1)c1ccccc1.O=C(Nc1nc2cc(CN3CCCCC3)ccc2n1C1CCCCC1)c1cccc(S(=O)(=O)NCCF)c1.O=C(Nc1nc2ccc(CO)cc2n1C1CCC(CO)CC1)c1cccc(C(F)(F)F)c1. The van der Waals surface area contributed by atoms with E-state index in [2.05, 4.69) is 101 Å². The third kappa shape index (κ3) is 27.3. The number of nitrogens with zero attached hydrogens (tertiary/aromatic N) is 10. The molecule has 39 heteroatoms. The van der Waals surface area contributed by atoms with Gasteiger partial charge in [-0.05, 0) is 304 Å². The molecule has 13 aromatic rings. The van der Waals surface area contributed by atoms with E-state index in [0.29, 0.717) is 39.7 Å². The summed E-state index contributed by atoms with van der Waals surface area (Å²) in [5.74, 6) is -0.633. The highest BCUT2D eigenvalue weighted by molar-refractivity contribution is 7.89. The Labute approximate surface area is 854 Å². The lowest BCUT2D eigenvalue weighted by molar-refractivity contribution is -0.138. The van der Waals surface area contributed by atoms with Crippen LogP contribution in [0, 0.1) is 11.8 Å². The molecule has 19 rings (SSSR count). The quantitative estimate of drug-likeness (QED) is 0.0194. The van der Waals surface area contributed by atoms with Crippen molar-refractivity contribution in [1.29, 1.82) is 0 Å². The van der Waals surface area contributed by atoms with Gasteiger partial charge < -0.3 is 44.0 Å². The molecule has 6 heterocycles. The molecule has 4 aliphatic carbocycles. The number of sulfonamides is 2. The van der Waals surface area contributed by atoms with Crippen LogP contribution >= 0.6 is 0 Å². The van der Waals surface area contributed by atoms with Crippen molar-refractivity contribution < 1.29 is 92.0 Å². The summed E-state index contributed by atoms with van der Waals surface area (Å²) in [7, 11) is -7.77. The molecule has 0 bridgehead atoms. The molecule has 11 N–H and O–H groups in total. The van der Waals surface area contributed by atoms with Gasteiger partial charge in [-0.1, -0.05) is 112 Å². The Bertz CT molecular complexity index is 7060. The second kappa shape index (κ2) is 49.2. The van der Waals surface area contributed by atoms with E-state index in [9.17, 15) is 92.0 Å². The van der Waals surface area contributed by atoms with Crippen molar-refractivity contribution in [2.75, 3.05) is 85.7 Å². The number of carbonyl (C=O) groups is 5. The molecule has 2 aliphatic heterocycles. The molecule has 0 spiro atoms. The van der Waals surface area contributed by atoms with Crippen molar-refractivity contribution in [2.24, 2.45) is 11.8 Å². The zero-order chi connectivity index (χ0) is 104. The van der Waals surface area contributed by atoms with Gasteiger partial charge in [0.15, 0.2) is 0 Å². The summed E-state index contributed by atoms with van der Waals surface area (Å²) in [6, 6.07) is 52.8. The third-order valence-electron chi connectivity index (χ3n) is 28.5. The second-order valence-corrected chi connectivity index (χ2v) is 42.7. The first-order chi connectivity index (χ1) is 71.3. The number of alkyl halides is 7. The standard InChI is InChI=1S/C29H27F3N4O3.C29H39N5O4S.C28H36FN5O3S.C23H24F3N3O3/c30-29(31,32)21-8-4-7-20(15-21)27(39)35-28-34-24-16-22(33-26(38)19-5-2-1-3-6-19)11-14-25(24)36(28)23-12-9-18(17-37)10-13-23;1-21(35)19-30-39(37,38)25-12-8-9-23(18-25)28(36)32-29-31-26-17-22(20-33-15-6-3-7-16-33)13-14-27(26)34(29)24-10-4-2-5-11-24;29-14-15-30-38(36,37)24-11-7-8-22(19-24)27(35)32-28-31-25-18-21(20-33-16-5-2-6-17-33)12-13-26(25)34(28)23-9-3-1-4-10-23;24-23(25,26)17-3-1-2-16(11-17)21(32)28-22-27-19-9-6-15(13-31)10-20(19)29(22)18-7-4-14(12-30)5-8-18/h1-8,11,14-16,18,23,37H,9-10,12-13,17H2,(H,33,38)(H,34,35,39);8-9,12-14,17-18,21,24,30,35H,2-7,10-11,15-16,19-20H2,1H3,(H,31,32,36);7-8,11-13,18-19,23,30H,1-6,9-10,14-17,20H2,(H,31,32,35);1-3,6,9-11,14,18,30-31H,4-5,7-8,12-13H2,(H,27,28,32). The maximum Gasteiger partial charge on any atom is 0.416 e. The molecule has 9 aromatic carbocycles. The van der Waals surface area contributed by atoms with E-state index >= 15 is 0 Å². The van der Waals surface area contributed by atoms with Crippen molar-refractivity contribution in [2.45, 2.75) is 233 Å². The third-order valence-corrected chi connectivity index (χ3v) is 31.4. The van der Waals surface area contributed by atoms with Gasteiger partial charge in [0.2, 0.25) is 43.8 Å². The fourth-order valence-electron chi connectivity index (χ4n) is 20.7. The fraction of sp³-hybridized carbons (Fsp3) is 0.422. The number of halogens is 7. The monoisotopic (exact) mass is 2080 g/mol. The first kappa shape index (κ1) is 108. The number of hydrogen-bond acceptors (Lipinski definition) is 19. The van der Waals surface area contributed by atoms with Crippen LogP contribution in [0.15, 0.2) is 210 Å². The van der Waals surface area contributed by atoms with Crippen LogP contribution in [-0.2, 0) is 52.1 Å². The smallest absolute Gasteiger partial charge is 0.396 e. The van der Waals surface area contributed by atoms with Crippen LogP contribution in [0.5, 0.6) is 0 Å². The van der Waals surface area contributed by atoms with E-state index in [-0.39, 0.29) is 119 Å². The first-order valence-electron chi connectivity index (χ1n) is 51.0. The zero-order valence-electron chi connectivity index (χ0n) is 82.4. The summed E-state index contributed by atoms with van der Waals surface area (Å²) in [6.45, 7) is 6.65. The predicted molar refractivity (Wildman–Crippen MR) is 554 cm³/mol. The minimum atomic E-state index is -4.57. The number of carbonyl (C=O) groups excluding carboxylic acids is 5. The van der Waals surface area contributed by atoms with Gasteiger partial charge in [0, 0.05) is 97.1 Å². The molecule has 30 nitrogen and oxygen atoms in total. The second-order valence-electron chi connectivity index (χ2n) is 39.2. The number of rotatable bonds is 29. The van der Waals surface area contributed by atoms with E-state index < -0.39 is 79.9 Å². The maximum atomic E-state index is 13.4. The molecule has 4 saturated carbocycles. The molecule has 5 amide bonds. The molecule has 4 aromatic heterocycles. The average Bonchev–Trinajstić information content (AvgIpc) is 1.63. The van der Waals surface area contributed by atoms with Gasteiger partial charge in [-0.15, -0.1) is 0 Å². The largest absolute Gasteiger partial charge is 0.416 e. The normalized spacial score (nSPS) is 18.2. The van der Waals surface area contributed by atoms with E-state index in [1.165, 1.54) is 124 Å². The van der Waals surface area contributed by atoms with Crippen LogP contribution in [0.25, 0.3) is 44.1 Å². The summed E-state index contributed by atoms with van der Waals surface area (Å²) in [5, 5.41) is 52.2. The number of benzene rings is 9. The number of aromatic nitrogens is 8. The molecule has 1 atom stereocenters. The highest BCUT2D eigenvalue weighted by Crippen LogP contribution is 2.43. The highest BCUT2D eigenvalue weighted by atomic mass is 32.2. The lowest BCUT2D eigenvalue weighted by Crippen LogP contribution is -2.30. The van der Waals surface area contributed by atoms with Gasteiger partial charge in [-0.2, -0.15) is 26.3 Å². The molecule has 1 unspecified atom stereocenters. The number of piperidine rings is 2. The Kier molecular flexibility index (Phi) is 35.9. The lowest BCUT2D eigenvalue weighted by atomic mass is 9.86. The fourth-order valence-corrected chi connectivity index (χ4v) is 22.9. The molecule has 0 radical (unpaired) electrons. The van der Waals surface area contributed by atoms with Crippen LogP contribution in [0.4, 0.5) is 60.2 Å². The molecule has 2 saturated heterocycles. The molecule has 6 aliphatic rings. The van der Waals surface area contributed by atoms with Crippen molar-refractivity contribution in [3.63, 3.8) is 0 Å². The van der Waals surface area contributed by atoms with Gasteiger partial charge in [0.1, 0.15) is 6.67 Å². The molecular formula is C109H126F7N17O13S2. The number of imidazole rings is 4. The Morgan fingerprint density at radius 1 is 0.365 bits per heavy atom. The Morgan fingerprint density at radius 2 is 0.723 bits per heavy atom. The molecule has 6 fully saturated rings. The van der Waals surface area contributed by atoms with Gasteiger partial charge >= 0.3 is 12.4 Å². The number of aliphatic hydroxyl groups is 4. The van der Waals surface area contributed by atoms with Gasteiger partial charge in [0.05, 0.1) is 77.8 Å². The lowest BCUT2D eigenvalue weighted by Gasteiger charge is -2.29. The Hall–Kier alpha value is -12.7. The molecular weight excluding hydrogens is 1950 g/mol. The highest BCUT2D eigenvalue weighted by Gasteiger charge is 2.36. The Morgan fingerprint density at radius 3 is 1.13 bits per heavy atom. The summed E-state index contributed by atoms with van der Waals surface area (Å²) in [5.41, 5.74) is 8.83.